The third-order valence-electron chi connectivity index (χ3n) is 4.21. The van der Waals surface area contributed by atoms with Gasteiger partial charge in [-0.1, -0.05) is 6.07 Å². The maximum absolute atomic E-state index is 12.5. The summed E-state index contributed by atoms with van der Waals surface area (Å²) in [6.45, 7) is 5.40. The number of pyridine rings is 1. The average Bonchev–Trinajstić information content (AvgIpc) is 2.55. The topological polar surface area (TPSA) is 59.0 Å². The van der Waals surface area contributed by atoms with Gasteiger partial charge in [0, 0.05) is 25.0 Å². The summed E-state index contributed by atoms with van der Waals surface area (Å²) in [5, 5.41) is 7.76. The van der Waals surface area contributed by atoms with Crippen molar-refractivity contribution in [3.05, 3.63) is 53.1 Å². The summed E-state index contributed by atoms with van der Waals surface area (Å²) in [5.41, 5.74) is 3.71. The molecular formula is C17H20N4O. The lowest BCUT2D eigenvalue weighted by Gasteiger charge is -2.32. The van der Waals surface area contributed by atoms with E-state index in [4.69, 9.17) is 0 Å². The van der Waals surface area contributed by atoms with Crippen LogP contribution >= 0.6 is 0 Å². The molecule has 0 spiro atoms. The number of aromatic nitrogens is 3. The van der Waals surface area contributed by atoms with Crippen LogP contribution in [0.2, 0.25) is 0 Å². The molecule has 0 unspecified atom stereocenters. The minimum atomic E-state index is 0.0541. The lowest BCUT2D eigenvalue weighted by molar-refractivity contribution is 0.0712. The number of rotatable bonds is 2. The van der Waals surface area contributed by atoms with Gasteiger partial charge in [-0.3, -0.25) is 9.78 Å². The van der Waals surface area contributed by atoms with Crippen LogP contribution < -0.4 is 0 Å². The van der Waals surface area contributed by atoms with Gasteiger partial charge < -0.3 is 4.90 Å². The third kappa shape index (κ3) is 3.13. The largest absolute Gasteiger partial charge is 0.339 e. The maximum Gasteiger partial charge on any atom is 0.255 e. The van der Waals surface area contributed by atoms with E-state index in [1.54, 1.807) is 12.3 Å². The highest BCUT2D eigenvalue weighted by atomic mass is 16.2. The molecule has 0 N–H and O–H groups in total. The second-order valence-corrected chi connectivity index (χ2v) is 5.89. The number of hydrogen-bond donors (Lipinski definition) is 0. The monoisotopic (exact) mass is 296 g/mol. The Hall–Kier alpha value is -2.30. The fourth-order valence-electron chi connectivity index (χ4n) is 2.91. The Morgan fingerprint density at radius 3 is 2.55 bits per heavy atom. The van der Waals surface area contributed by atoms with Crippen molar-refractivity contribution in [2.24, 2.45) is 0 Å². The zero-order valence-corrected chi connectivity index (χ0v) is 13.0. The molecule has 5 heteroatoms. The SMILES string of the molecule is Cc1ccc(C2CCN(C(=O)c3cnnc(C)c3)CC2)cn1. The van der Waals surface area contributed by atoms with Crippen molar-refractivity contribution in [1.82, 2.24) is 20.1 Å². The molecule has 2 aromatic rings. The highest BCUT2D eigenvalue weighted by molar-refractivity contribution is 5.94. The second-order valence-electron chi connectivity index (χ2n) is 5.89. The molecule has 5 nitrogen and oxygen atoms in total. The molecule has 0 saturated carbocycles. The average molecular weight is 296 g/mol. The Labute approximate surface area is 130 Å². The van der Waals surface area contributed by atoms with E-state index in [1.165, 1.54) is 5.56 Å². The van der Waals surface area contributed by atoms with Gasteiger partial charge in [-0.2, -0.15) is 10.2 Å². The highest BCUT2D eigenvalue weighted by Crippen LogP contribution is 2.28. The number of carbonyl (C=O) groups is 1. The standard InChI is InChI=1S/C17H20N4O/c1-12-3-4-15(10-18-12)14-5-7-21(8-6-14)17(22)16-9-13(2)20-19-11-16/h3-4,9-11,14H,5-8H2,1-2H3. The predicted octanol–water partition coefficient (Wildman–Crippen LogP) is 2.51. The maximum atomic E-state index is 12.5. The molecule has 2 aromatic heterocycles. The van der Waals surface area contributed by atoms with E-state index in [1.807, 2.05) is 24.9 Å². The number of amides is 1. The van der Waals surface area contributed by atoms with Crippen LogP contribution in [0.1, 0.15) is 46.1 Å². The molecule has 1 saturated heterocycles. The molecule has 0 aliphatic carbocycles. The Kier molecular flexibility index (Phi) is 4.13. The molecule has 0 bridgehead atoms. The highest BCUT2D eigenvalue weighted by Gasteiger charge is 2.25. The first-order chi connectivity index (χ1) is 10.6. The number of nitrogens with zero attached hydrogens (tertiary/aromatic N) is 4. The summed E-state index contributed by atoms with van der Waals surface area (Å²) >= 11 is 0. The van der Waals surface area contributed by atoms with Crippen LogP contribution in [-0.2, 0) is 0 Å². The quantitative estimate of drug-likeness (QED) is 0.854. The molecule has 1 aliphatic heterocycles. The number of carbonyl (C=O) groups excluding carboxylic acids is 1. The lowest BCUT2D eigenvalue weighted by Crippen LogP contribution is -2.38. The van der Waals surface area contributed by atoms with E-state index in [9.17, 15) is 4.79 Å². The van der Waals surface area contributed by atoms with Crippen LogP contribution in [0.5, 0.6) is 0 Å². The summed E-state index contributed by atoms with van der Waals surface area (Å²) in [7, 11) is 0. The number of aryl methyl sites for hydroxylation is 2. The van der Waals surface area contributed by atoms with Gasteiger partial charge >= 0.3 is 0 Å². The summed E-state index contributed by atoms with van der Waals surface area (Å²) in [6.07, 6.45) is 5.47. The van der Waals surface area contributed by atoms with Crippen molar-refractivity contribution >= 4 is 5.91 Å². The summed E-state index contributed by atoms with van der Waals surface area (Å²) < 4.78 is 0. The van der Waals surface area contributed by atoms with Gasteiger partial charge in [0.15, 0.2) is 0 Å². The van der Waals surface area contributed by atoms with Crippen molar-refractivity contribution in [2.45, 2.75) is 32.6 Å². The number of likely N-dealkylation sites (tertiary alicyclic amines) is 1. The van der Waals surface area contributed by atoms with Crippen molar-refractivity contribution < 1.29 is 4.79 Å². The van der Waals surface area contributed by atoms with Crippen LogP contribution in [0.15, 0.2) is 30.6 Å². The van der Waals surface area contributed by atoms with Crippen molar-refractivity contribution in [3.8, 4) is 0 Å². The summed E-state index contributed by atoms with van der Waals surface area (Å²) in [5.74, 6) is 0.549. The summed E-state index contributed by atoms with van der Waals surface area (Å²) in [4.78, 5) is 18.8. The van der Waals surface area contributed by atoms with E-state index in [2.05, 4.69) is 27.3 Å². The first-order valence-electron chi connectivity index (χ1n) is 7.64. The van der Waals surface area contributed by atoms with Gasteiger partial charge in [-0.05, 0) is 50.3 Å². The first kappa shape index (κ1) is 14.6. The van der Waals surface area contributed by atoms with Crippen molar-refractivity contribution in [1.29, 1.82) is 0 Å². The van der Waals surface area contributed by atoms with E-state index in [0.717, 1.165) is 37.3 Å². The van der Waals surface area contributed by atoms with Gasteiger partial charge in [0.2, 0.25) is 0 Å². The Morgan fingerprint density at radius 1 is 1.14 bits per heavy atom. The first-order valence-corrected chi connectivity index (χ1v) is 7.64. The molecular weight excluding hydrogens is 276 g/mol. The fraction of sp³-hybridized carbons (Fsp3) is 0.412. The minimum absolute atomic E-state index is 0.0541. The zero-order valence-electron chi connectivity index (χ0n) is 13.0. The van der Waals surface area contributed by atoms with Gasteiger partial charge in [0.1, 0.15) is 0 Å². The Bertz CT molecular complexity index is 661. The predicted molar refractivity (Wildman–Crippen MR) is 83.6 cm³/mol. The van der Waals surface area contributed by atoms with Gasteiger partial charge in [0.25, 0.3) is 5.91 Å². The molecule has 114 valence electrons. The lowest BCUT2D eigenvalue weighted by atomic mass is 9.90. The number of piperidine rings is 1. The van der Waals surface area contributed by atoms with E-state index < -0.39 is 0 Å². The molecule has 1 aliphatic rings. The van der Waals surface area contributed by atoms with Gasteiger partial charge in [-0.15, -0.1) is 0 Å². The zero-order chi connectivity index (χ0) is 15.5. The van der Waals surface area contributed by atoms with Crippen LogP contribution in [0.4, 0.5) is 0 Å². The van der Waals surface area contributed by atoms with E-state index in [0.29, 0.717) is 11.5 Å². The smallest absolute Gasteiger partial charge is 0.255 e. The second kappa shape index (κ2) is 6.22. The van der Waals surface area contributed by atoms with Crippen molar-refractivity contribution in [2.75, 3.05) is 13.1 Å². The molecule has 1 fully saturated rings. The Morgan fingerprint density at radius 2 is 1.91 bits per heavy atom. The normalized spacial score (nSPS) is 15.8. The van der Waals surface area contributed by atoms with Gasteiger partial charge in [-0.25, -0.2) is 0 Å². The Balaban J connectivity index is 1.64. The van der Waals surface area contributed by atoms with Crippen molar-refractivity contribution in [3.63, 3.8) is 0 Å². The third-order valence-corrected chi connectivity index (χ3v) is 4.21. The van der Waals surface area contributed by atoms with E-state index >= 15 is 0 Å². The molecule has 0 radical (unpaired) electrons. The van der Waals surface area contributed by atoms with Crippen LogP contribution in [0.25, 0.3) is 0 Å². The number of hydrogen-bond acceptors (Lipinski definition) is 4. The summed E-state index contributed by atoms with van der Waals surface area (Å²) in [6, 6.07) is 6.00. The molecule has 3 heterocycles. The van der Waals surface area contributed by atoms with Gasteiger partial charge in [0.05, 0.1) is 17.5 Å². The van der Waals surface area contributed by atoms with E-state index in [-0.39, 0.29) is 5.91 Å². The molecule has 0 atom stereocenters. The molecule has 22 heavy (non-hydrogen) atoms. The molecule has 1 amide bonds. The minimum Gasteiger partial charge on any atom is -0.339 e. The van der Waals surface area contributed by atoms with Crippen LogP contribution in [-0.4, -0.2) is 39.1 Å². The molecule has 0 aromatic carbocycles. The van der Waals surface area contributed by atoms with Crippen LogP contribution in [0.3, 0.4) is 0 Å². The van der Waals surface area contributed by atoms with Crippen LogP contribution in [0, 0.1) is 13.8 Å². The fourth-order valence-corrected chi connectivity index (χ4v) is 2.91. The molecule has 3 rings (SSSR count).